The molecule has 1 N–H and O–H groups in total. The number of nitrogens with zero attached hydrogens (tertiary/aromatic N) is 1. The number of piperidine rings is 1. The second-order valence-electron chi connectivity index (χ2n) is 4.76. The zero-order valence-electron chi connectivity index (χ0n) is 13.3. The number of halogens is 2. The standard InChI is InChI=1S/C14H16F2N2O3.C2H6.H2/c15-14(16)21-12-4-2-1-3-11(12)13(20)17-10-5-7-18(9-19)8-6-10;1-2;/h1-4,9-10,14H,5-8H2,(H,17,20);1-2H3;1H. The number of likely N-dealkylation sites (tertiary alicyclic amines) is 1. The Labute approximate surface area is 136 Å². The number of ether oxygens (including phenoxy) is 1. The van der Waals surface area contributed by atoms with Crippen LogP contribution in [0.25, 0.3) is 0 Å². The average Bonchev–Trinajstić information content (AvgIpc) is 2.57. The van der Waals surface area contributed by atoms with E-state index in [0.29, 0.717) is 25.9 Å². The van der Waals surface area contributed by atoms with Crippen LogP contribution in [0.5, 0.6) is 5.75 Å². The molecule has 0 radical (unpaired) electrons. The third-order valence-electron chi connectivity index (χ3n) is 3.36. The molecule has 5 nitrogen and oxygen atoms in total. The minimum Gasteiger partial charge on any atom is -0.434 e. The Bertz CT molecular complexity index is 510. The molecular formula is C16H24F2N2O3. The number of carbonyl (C=O) groups excluding carboxylic acids is 2. The normalized spacial score (nSPS) is 14.7. The summed E-state index contributed by atoms with van der Waals surface area (Å²) in [5, 5.41) is 2.79. The molecule has 2 rings (SSSR count). The fourth-order valence-electron chi connectivity index (χ4n) is 2.27. The second kappa shape index (κ2) is 9.76. The van der Waals surface area contributed by atoms with Crippen LogP contribution in [0.15, 0.2) is 24.3 Å². The van der Waals surface area contributed by atoms with Crippen LogP contribution in [-0.4, -0.2) is 43.0 Å². The first-order valence-electron chi connectivity index (χ1n) is 7.64. The van der Waals surface area contributed by atoms with Gasteiger partial charge in [0.15, 0.2) is 0 Å². The van der Waals surface area contributed by atoms with E-state index in [1.54, 1.807) is 11.0 Å². The molecular weight excluding hydrogens is 306 g/mol. The highest BCUT2D eigenvalue weighted by molar-refractivity contribution is 5.97. The maximum absolute atomic E-state index is 12.3. The van der Waals surface area contributed by atoms with E-state index < -0.39 is 12.5 Å². The molecule has 0 aliphatic carbocycles. The van der Waals surface area contributed by atoms with Gasteiger partial charge in [-0.2, -0.15) is 8.78 Å². The third kappa shape index (κ3) is 5.84. The molecule has 130 valence electrons. The molecule has 1 heterocycles. The van der Waals surface area contributed by atoms with Crippen molar-refractivity contribution in [1.82, 2.24) is 10.2 Å². The van der Waals surface area contributed by atoms with Crippen LogP contribution in [-0.2, 0) is 4.79 Å². The highest BCUT2D eigenvalue weighted by Crippen LogP contribution is 2.21. The number of para-hydroxylation sites is 1. The first-order valence-corrected chi connectivity index (χ1v) is 7.64. The molecule has 0 atom stereocenters. The number of benzene rings is 1. The van der Waals surface area contributed by atoms with Crippen LogP contribution in [0.4, 0.5) is 8.78 Å². The first kappa shape index (κ1) is 18.9. The number of rotatable bonds is 5. The summed E-state index contributed by atoms with van der Waals surface area (Å²) in [5.41, 5.74) is 0.0793. The summed E-state index contributed by atoms with van der Waals surface area (Å²) < 4.78 is 29.0. The van der Waals surface area contributed by atoms with Gasteiger partial charge in [0, 0.05) is 20.6 Å². The van der Waals surface area contributed by atoms with Gasteiger partial charge in [-0.05, 0) is 25.0 Å². The van der Waals surface area contributed by atoms with Crippen LogP contribution in [0.3, 0.4) is 0 Å². The van der Waals surface area contributed by atoms with Gasteiger partial charge in [0.25, 0.3) is 5.91 Å². The van der Waals surface area contributed by atoms with E-state index in [0.717, 1.165) is 6.41 Å². The molecule has 1 aliphatic heterocycles. The summed E-state index contributed by atoms with van der Waals surface area (Å²) >= 11 is 0. The molecule has 1 aromatic carbocycles. The van der Waals surface area contributed by atoms with Crippen molar-refractivity contribution >= 4 is 12.3 Å². The van der Waals surface area contributed by atoms with Crippen LogP contribution in [0.2, 0.25) is 0 Å². The molecule has 0 spiro atoms. The Morgan fingerprint density at radius 1 is 1.35 bits per heavy atom. The molecule has 0 unspecified atom stereocenters. The van der Waals surface area contributed by atoms with Gasteiger partial charge < -0.3 is 15.0 Å². The molecule has 0 bridgehead atoms. The number of carbonyl (C=O) groups is 2. The summed E-state index contributed by atoms with van der Waals surface area (Å²) in [4.78, 5) is 24.4. The Balaban J connectivity index is 0.00000170. The molecule has 1 saturated heterocycles. The highest BCUT2D eigenvalue weighted by Gasteiger charge is 2.22. The summed E-state index contributed by atoms with van der Waals surface area (Å²) in [7, 11) is 0. The van der Waals surface area contributed by atoms with Gasteiger partial charge in [-0.3, -0.25) is 9.59 Å². The van der Waals surface area contributed by atoms with Crippen LogP contribution < -0.4 is 10.1 Å². The smallest absolute Gasteiger partial charge is 0.387 e. The van der Waals surface area contributed by atoms with Gasteiger partial charge >= 0.3 is 6.61 Å². The fourth-order valence-corrected chi connectivity index (χ4v) is 2.27. The summed E-state index contributed by atoms with van der Waals surface area (Å²) in [6, 6.07) is 5.80. The third-order valence-corrected chi connectivity index (χ3v) is 3.36. The second-order valence-corrected chi connectivity index (χ2v) is 4.76. The lowest BCUT2D eigenvalue weighted by Crippen LogP contribution is -2.44. The van der Waals surface area contributed by atoms with E-state index >= 15 is 0 Å². The van der Waals surface area contributed by atoms with Crippen molar-refractivity contribution in [3.05, 3.63) is 29.8 Å². The zero-order valence-corrected chi connectivity index (χ0v) is 13.3. The Morgan fingerprint density at radius 2 is 1.96 bits per heavy atom. The molecule has 23 heavy (non-hydrogen) atoms. The average molecular weight is 330 g/mol. The molecule has 0 saturated carbocycles. The lowest BCUT2D eigenvalue weighted by molar-refractivity contribution is -0.119. The minimum atomic E-state index is -2.98. The van der Waals surface area contributed by atoms with Crippen molar-refractivity contribution in [1.29, 1.82) is 0 Å². The van der Waals surface area contributed by atoms with Crippen LogP contribution >= 0.6 is 0 Å². The maximum Gasteiger partial charge on any atom is 0.387 e. The van der Waals surface area contributed by atoms with Crippen LogP contribution in [0, 0.1) is 0 Å². The van der Waals surface area contributed by atoms with E-state index in [9.17, 15) is 18.4 Å². The van der Waals surface area contributed by atoms with Gasteiger partial charge in [0.1, 0.15) is 5.75 Å². The Kier molecular flexibility index (Phi) is 8.01. The van der Waals surface area contributed by atoms with Gasteiger partial charge in [0.05, 0.1) is 5.56 Å². The van der Waals surface area contributed by atoms with Gasteiger partial charge in [-0.1, -0.05) is 26.0 Å². The lowest BCUT2D eigenvalue weighted by Gasteiger charge is -2.29. The van der Waals surface area contributed by atoms with E-state index in [4.69, 9.17) is 0 Å². The van der Waals surface area contributed by atoms with Crippen molar-refractivity contribution in [3.63, 3.8) is 0 Å². The highest BCUT2D eigenvalue weighted by atomic mass is 19.3. The molecule has 2 amide bonds. The maximum atomic E-state index is 12.3. The van der Waals surface area contributed by atoms with Gasteiger partial charge in [-0.25, -0.2) is 0 Å². The zero-order chi connectivity index (χ0) is 17.2. The largest absolute Gasteiger partial charge is 0.434 e. The minimum absolute atomic E-state index is 0. The van der Waals surface area contributed by atoms with E-state index in [1.165, 1.54) is 18.2 Å². The number of hydrogen-bond acceptors (Lipinski definition) is 3. The summed E-state index contributed by atoms with van der Waals surface area (Å²) in [6.45, 7) is 2.17. The van der Waals surface area contributed by atoms with Crippen molar-refractivity contribution in [2.45, 2.75) is 39.3 Å². The van der Waals surface area contributed by atoms with Gasteiger partial charge in [-0.15, -0.1) is 0 Å². The summed E-state index contributed by atoms with van der Waals surface area (Å²) in [6.07, 6.45) is 2.06. The lowest BCUT2D eigenvalue weighted by atomic mass is 10.0. The molecule has 1 aliphatic rings. The van der Waals surface area contributed by atoms with Crippen molar-refractivity contribution in [2.24, 2.45) is 0 Å². The Hall–Kier alpha value is -2.18. The van der Waals surface area contributed by atoms with Crippen molar-refractivity contribution in [3.8, 4) is 5.75 Å². The molecule has 0 aromatic heterocycles. The first-order chi connectivity index (χ1) is 11.1. The SMILES string of the molecule is CC.O=CN1CCC(NC(=O)c2ccccc2OC(F)F)CC1.[HH]. The number of hydrogen-bond donors (Lipinski definition) is 1. The monoisotopic (exact) mass is 330 g/mol. The molecule has 1 fully saturated rings. The fraction of sp³-hybridized carbons (Fsp3) is 0.500. The van der Waals surface area contributed by atoms with Gasteiger partial charge in [0.2, 0.25) is 6.41 Å². The van der Waals surface area contributed by atoms with E-state index in [-0.39, 0.29) is 18.8 Å². The summed E-state index contributed by atoms with van der Waals surface area (Å²) in [5.74, 6) is -0.592. The predicted octanol–water partition coefficient (Wildman–Crippen LogP) is 2.91. The van der Waals surface area contributed by atoms with E-state index in [1.807, 2.05) is 13.8 Å². The van der Waals surface area contributed by atoms with Crippen LogP contribution in [0.1, 0.15) is 38.5 Å². The predicted molar refractivity (Wildman–Crippen MR) is 84.7 cm³/mol. The Morgan fingerprint density at radius 3 is 2.52 bits per heavy atom. The molecule has 1 aromatic rings. The van der Waals surface area contributed by atoms with Crippen molar-refractivity contribution in [2.75, 3.05) is 13.1 Å². The van der Waals surface area contributed by atoms with Crippen molar-refractivity contribution < 1.29 is 24.5 Å². The quantitative estimate of drug-likeness (QED) is 0.845. The topological polar surface area (TPSA) is 58.6 Å². The number of amides is 2. The number of nitrogens with one attached hydrogen (secondary N) is 1. The molecule has 7 heteroatoms. The van der Waals surface area contributed by atoms with E-state index in [2.05, 4.69) is 10.1 Å². The number of alkyl halides is 2.